The summed E-state index contributed by atoms with van der Waals surface area (Å²) in [6.45, 7) is 5.33. The Morgan fingerprint density at radius 2 is 2.11 bits per heavy atom. The number of carbonyl (C=O) groups excluding carboxylic acids is 3. The highest BCUT2D eigenvalue weighted by molar-refractivity contribution is 6.04. The molecule has 0 aromatic rings. The quantitative estimate of drug-likeness (QED) is 0.673. The van der Waals surface area contributed by atoms with Crippen molar-refractivity contribution in [2.24, 2.45) is 0 Å². The standard InChI is InChI=1S/C11H18N2O5/c1-11(2,3)18-10(17)12-4-5-13-8(15)6-7(14)9(13)16/h7,14H,4-6H2,1-3H3,(H,12,17)/t7-/m1/s1. The van der Waals surface area contributed by atoms with E-state index in [1.165, 1.54) is 0 Å². The molecule has 1 rings (SSSR count). The van der Waals surface area contributed by atoms with Crippen LogP contribution in [0.2, 0.25) is 0 Å². The van der Waals surface area contributed by atoms with E-state index in [-0.39, 0.29) is 19.5 Å². The lowest BCUT2D eigenvalue weighted by molar-refractivity contribution is -0.140. The summed E-state index contributed by atoms with van der Waals surface area (Å²) in [5.74, 6) is -1.05. The molecule has 0 radical (unpaired) electrons. The van der Waals surface area contributed by atoms with E-state index in [1.54, 1.807) is 20.8 Å². The maximum Gasteiger partial charge on any atom is 0.407 e. The summed E-state index contributed by atoms with van der Waals surface area (Å²) >= 11 is 0. The molecular formula is C11H18N2O5. The first-order valence-electron chi connectivity index (χ1n) is 5.70. The molecule has 18 heavy (non-hydrogen) atoms. The van der Waals surface area contributed by atoms with Crippen molar-refractivity contribution in [2.75, 3.05) is 13.1 Å². The second-order valence-corrected chi connectivity index (χ2v) is 5.03. The number of alkyl carbamates (subject to hydrolysis) is 1. The van der Waals surface area contributed by atoms with Gasteiger partial charge in [0.2, 0.25) is 5.91 Å². The van der Waals surface area contributed by atoms with E-state index in [0.717, 1.165) is 4.90 Å². The second-order valence-electron chi connectivity index (χ2n) is 5.03. The molecule has 0 aromatic heterocycles. The molecular weight excluding hydrogens is 240 g/mol. The van der Waals surface area contributed by atoms with Crippen LogP contribution in [-0.2, 0) is 14.3 Å². The van der Waals surface area contributed by atoms with Crippen LogP contribution >= 0.6 is 0 Å². The number of carbonyl (C=O) groups is 3. The normalized spacial score (nSPS) is 20.2. The largest absolute Gasteiger partial charge is 0.444 e. The number of hydrogen-bond donors (Lipinski definition) is 2. The summed E-state index contributed by atoms with van der Waals surface area (Å²) in [7, 11) is 0. The first kappa shape index (κ1) is 14.4. The molecule has 7 nitrogen and oxygen atoms in total. The monoisotopic (exact) mass is 258 g/mol. The van der Waals surface area contributed by atoms with Crippen LogP contribution in [-0.4, -0.2) is 52.7 Å². The van der Waals surface area contributed by atoms with Crippen molar-refractivity contribution in [1.29, 1.82) is 0 Å². The molecule has 0 bridgehead atoms. The SMILES string of the molecule is CC(C)(C)OC(=O)NCCN1C(=O)C[C@@H](O)C1=O. The summed E-state index contributed by atoms with van der Waals surface area (Å²) in [5.41, 5.74) is -0.598. The Kier molecular flexibility index (Phi) is 4.28. The molecule has 102 valence electrons. The Bertz CT molecular complexity index is 361. The third-order valence-corrected chi connectivity index (χ3v) is 2.22. The lowest BCUT2D eigenvalue weighted by Gasteiger charge is -2.20. The van der Waals surface area contributed by atoms with E-state index in [4.69, 9.17) is 4.74 Å². The fourth-order valence-corrected chi connectivity index (χ4v) is 1.48. The topological polar surface area (TPSA) is 95.9 Å². The Morgan fingerprint density at radius 1 is 1.50 bits per heavy atom. The van der Waals surface area contributed by atoms with Crippen LogP contribution in [0.4, 0.5) is 4.79 Å². The van der Waals surface area contributed by atoms with Gasteiger partial charge in [-0.05, 0) is 20.8 Å². The minimum Gasteiger partial charge on any atom is -0.444 e. The van der Waals surface area contributed by atoms with Crippen molar-refractivity contribution in [3.05, 3.63) is 0 Å². The highest BCUT2D eigenvalue weighted by atomic mass is 16.6. The summed E-state index contributed by atoms with van der Waals surface area (Å²) in [5, 5.41) is 11.6. The fourth-order valence-electron chi connectivity index (χ4n) is 1.48. The number of likely N-dealkylation sites (tertiary alicyclic amines) is 1. The Morgan fingerprint density at radius 3 is 2.56 bits per heavy atom. The Labute approximate surface area is 105 Å². The second kappa shape index (κ2) is 5.34. The van der Waals surface area contributed by atoms with E-state index in [0.29, 0.717) is 0 Å². The van der Waals surface area contributed by atoms with Crippen LogP contribution < -0.4 is 5.32 Å². The van der Waals surface area contributed by atoms with Crippen molar-refractivity contribution in [1.82, 2.24) is 10.2 Å². The number of rotatable bonds is 3. The van der Waals surface area contributed by atoms with Gasteiger partial charge in [0.25, 0.3) is 5.91 Å². The van der Waals surface area contributed by atoms with Crippen molar-refractivity contribution in [3.8, 4) is 0 Å². The number of nitrogens with one attached hydrogen (secondary N) is 1. The van der Waals surface area contributed by atoms with Crippen LogP contribution in [0.5, 0.6) is 0 Å². The molecule has 0 spiro atoms. The highest BCUT2D eigenvalue weighted by Crippen LogP contribution is 2.11. The lowest BCUT2D eigenvalue weighted by Crippen LogP contribution is -2.40. The van der Waals surface area contributed by atoms with Gasteiger partial charge in [-0.3, -0.25) is 14.5 Å². The van der Waals surface area contributed by atoms with Crippen LogP contribution in [0.15, 0.2) is 0 Å². The van der Waals surface area contributed by atoms with Crippen molar-refractivity contribution >= 4 is 17.9 Å². The maximum absolute atomic E-state index is 11.3. The lowest BCUT2D eigenvalue weighted by atomic mass is 10.2. The molecule has 7 heteroatoms. The Hall–Kier alpha value is -1.63. The molecule has 1 atom stereocenters. The number of hydrogen-bond acceptors (Lipinski definition) is 5. The van der Waals surface area contributed by atoms with E-state index < -0.39 is 29.6 Å². The average Bonchev–Trinajstić information content (AvgIpc) is 2.41. The third-order valence-electron chi connectivity index (χ3n) is 2.22. The van der Waals surface area contributed by atoms with Crippen molar-refractivity contribution in [3.63, 3.8) is 0 Å². The van der Waals surface area contributed by atoms with Gasteiger partial charge < -0.3 is 15.2 Å². The van der Waals surface area contributed by atoms with Crippen LogP contribution in [0.3, 0.4) is 0 Å². The van der Waals surface area contributed by atoms with Crippen LogP contribution in [0.25, 0.3) is 0 Å². The van der Waals surface area contributed by atoms with Gasteiger partial charge in [0.15, 0.2) is 0 Å². The number of imide groups is 1. The highest BCUT2D eigenvalue weighted by Gasteiger charge is 2.36. The molecule has 0 unspecified atom stereocenters. The molecule has 3 amide bonds. The van der Waals surface area contributed by atoms with Gasteiger partial charge in [-0.2, -0.15) is 0 Å². The molecule has 1 fully saturated rings. The summed E-state index contributed by atoms with van der Waals surface area (Å²) in [4.78, 5) is 34.9. The zero-order valence-corrected chi connectivity index (χ0v) is 10.7. The number of nitrogens with zero attached hydrogens (tertiary/aromatic N) is 1. The molecule has 1 aliphatic rings. The van der Waals surface area contributed by atoms with Gasteiger partial charge in [-0.15, -0.1) is 0 Å². The molecule has 0 aromatic carbocycles. The third kappa shape index (κ3) is 3.99. The number of ether oxygens (including phenoxy) is 1. The van der Waals surface area contributed by atoms with E-state index in [1.807, 2.05) is 0 Å². The van der Waals surface area contributed by atoms with E-state index in [2.05, 4.69) is 5.32 Å². The van der Waals surface area contributed by atoms with Gasteiger partial charge in [0.1, 0.15) is 11.7 Å². The predicted octanol–water partition coefficient (Wildman–Crippen LogP) is -0.369. The average molecular weight is 258 g/mol. The molecule has 1 saturated heterocycles. The van der Waals surface area contributed by atoms with E-state index >= 15 is 0 Å². The van der Waals surface area contributed by atoms with E-state index in [9.17, 15) is 19.5 Å². The molecule has 0 aliphatic carbocycles. The zero-order chi connectivity index (χ0) is 13.9. The summed E-state index contributed by atoms with van der Waals surface area (Å²) in [6, 6.07) is 0. The molecule has 2 N–H and O–H groups in total. The van der Waals surface area contributed by atoms with Gasteiger partial charge in [-0.1, -0.05) is 0 Å². The van der Waals surface area contributed by atoms with Crippen LogP contribution in [0.1, 0.15) is 27.2 Å². The van der Waals surface area contributed by atoms with Crippen LogP contribution in [0, 0.1) is 0 Å². The maximum atomic E-state index is 11.3. The molecule has 0 saturated carbocycles. The first-order chi connectivity index (χ1) is 8.20. The van der Waals surface area contributed by atoms with Gasteiger partial charge in [0.05, 0.1) is 6.42 Å². The summed E-state index contributed by atoms with van der Waals surface area (Å²) in [6.07, 6.45) is -2.05. The predicted molar refractivity (Wildman–Crippen MR) is 61.6 cm³/mol. The number of aliphatic hydroxyl groups is 1. The fraction of sp³-hybridized carbons (Fsp3) is 0.727. The molecule has 1 aliphatic heterocycles. The number of amides is 3. The molecule has 1 heterocycles. The van der Waals surface area contributed by atoms with Crippen molar-refractivity contribution < 1.29 is 24.2 Å². The van der Waals surface area contributed by atoms with Gasteiger partial charge >= 0.3 is 6.09 Å². The summed E-state index contributed by atoms with van der Waals surface area (Å²) < 4.78 is 4.99. The smallest absolute Gasteiger partial charge is 0.407 e. The van der Waals surface area contributed by atoms with Gasteiger partial charge in [-0.25, -0.2) is 4.79 Å². The zero-order valence-electron chi connectivity index (χ0n) is 10.7. The van der Waals surface area contributed by atoms with Gasteiger partial charge in [0, 0.05) is 13.1 Å². The minimum atomic E-state index is -1.25. The Balaban J connectivity index is 2.32. The number of aliphatic hydroxyl groups excluding tert-OH is 1. The minimum absolute atomic E-state index is 0.0357. The van der Waals surface area contributed by atoms with Crippen molar-refractivity contribution in [2.45, 2.75) is 38.9 Å². The first-order valence-corrected chi connectivity index (χ1v) is 5.70.